The number of ether oxygens (including phenoxy) is 1. The summed E-state index contributed by atoms with van der Waals surface area (Å²) in [5.41, 5.74) is 1.02. The molecule has 2 aliphatic rings. The van der Waals surface area contributed by atoms with E-state index in [0.717, 1.165) is 39.0 Å². The molecule has 0 radical (unpaired) electrons. The number of nitro benzene ring substituents is 1. The van der Waals surface area contributed by atoms with Crippen molar-refractivity contribution in [2.45, 2.75) is 26.2 Å². The van der Waals surface area contributed by atoms with Gasteiger partial charge in [-0.05, 0) is 38.3 Å². The average molecular weight is 347 g/mol. The Kier molecular flexibility index (Phi) is 5.53. The third kappa shape index (κ3) is 3.92. The van der Waals surface area contributed by atoms with Crippen LogP contribution >= 0.6 is 0 Å². The maximum absolute atomic E-state index is 12.8. The van der Waals surface area contributed by atoms with E-state index in [1.165, 1.54) is 6.07 Å². The second-order valence-corrected chi connectivity index (χ2v) is 6.73. The van der Waals surface area contributed by atoms with Crippen LogP contribution in [0, 0.1) is 16.0 Å². The number of nitrogens with zero attached hydrogens (tertiary/aromatic N) is 3. The molecule has 0 spiro atoms. The second-order valence-electron chi connectivity index (χ2n) is 6.73. The van der Waals surface area contributed by atoms with Gasteiger partial charge in [0.25, 0.3) is 11.6 Å². The van der Waals surface area contributed by atoms with Gasteiger partial charge < -0.3 is 14.5 Å². The molecule has 0 aliphatic carbocycles. The minimum Gasteiger partial charge on any atom is -0.381 e. The molecule has 2 fully saturated rings. The Morgan fingerprint density at radius 2 is 2.16 bits per heavy atom. The van der Waals surface area contributed by atoms with Gasteiger partial charge in [-0.15, -0.1) is 0 Å². The van der Waals surface area contributed by atoms with Crippen molar-refractivity contribution in [2.24, 2.45) is 5.92 Å². The van der Waals surface area contributed by atoms with Gasteiger partial charge in [-0.2, -0.15) is 0 Å². The molecule has 7 heteroatoms. The van der Waals surface area contributed by atoms with Crippen LogP contribution in [-0.2, 0) is 4.74 Å². The molecule has 2 heterocycles. The van der Waals surface area contributed by atoms with E-state index in [9.17, 15) is 14.9 Å². The molecular formula is C18H25N3O4. The SMILES string of the molecule is CCN(C[C@@H]1CCOC1)C(=O)c1ccc(N2CCCC2)c([N+](=O)[O-])c1. The molecule has 0 aromatic heterocycles. The summed E-state index contributed by atoms with van der Waals surface area (Å²) in [6, 6.07) is 4.88. The van der Waals surface area contributed by atoms with E-state index in [1.807, 2.05) is 11.8 Å². The topological polar surface area (TPSA) is 75.9 Å². The van der Waals surface area contributed by atoms with Gasteiger partial charge in [-0.3, -0.25) is 14.9 Å². The van der Waals surface area contributed by atoms with E-state index in [0.29, 0.717) is 36.9 Å². The van der Waals surface area contributed by atoms with Crippen molar-refractivity contribution >= 4 is 17.3 Å². The first kappa shape index (κ1) is 17.7. The van der Waals surface area contributed by atoms with Crippen LogP contribution in [0.4, 0.5) is 11.4 Å². The highest BCUT2D eigenvalue weighted by atomic mass is 16.6. The van der Waals surface area contributed by atoms with Gasteiger partial charge in [0.15, 0.2) is 0 Å². The van der Waals surface area contributed by atoms with Crippen molar-refractivity contribution in [1.29, 1.82) is 0 Å². The van der Waals surface area contributed by atoms with E-state index in [1.54, 1.807) is 17.0 Å². The Labute approximate surface area is 147 Å². The molecule has 7 nitrogen and oxygen atoms in total. The fourth-order valence-corrected chi connectivity index (χ4v) is 3.61. The molecule has 1 atom stereocenters. The largest absolute Gasteiger partial charge is 0.381 e. The van der Waals surface area contributed by atoms with Gasteiger partial charge in [0.05, 0.1) is 11.5 Å². The molecular weight excluding hydrogens is 322 g/mol. The van der Waals surface area contributed by atoms with Crippen molar-refractivity contribution in [3.63, 3.8) is 0 Å². The quantitative estimate of drug-likeness (QED) is 0.584. The molecule has 1 aromatic carbocycles. The number of anilines is 1. The molecule has 0 unspecified atom stereocenters. The van der Waals surface area contributed by atoms with Gasteiger partial charge in [0.2, 0.25) is 0 Å². The summed E-state index contributed by atoms with van der Waals surface area (Å²) in [5, 5.41) is 11.5. The van der Waals surface area contributed by atoms with Crippen LogP contribution in [-0.4, -0.2) is 55.1 Å². The molecule has 3 rings (SSSR count). The van der Waals surface area contributed by atoms with Crippen LogP contribution < -0.4 is 4.90 Å². The Balaban J connectivity index is 1.81. The van der Waals surface area contributed by atoms with E-state index < -0.39 is 0 Å². The number of carbonyl (C=O) groups excluding carboxylic acids is 1. The van der Waals surface area contributed by atoms with Crippen LogP contribution in [0.2, 0.25) is 0 Å². The monoisotopic (exact) mass is 347 g/mol. The second kappa shape index (κ2) is 7.82. The lowest BCUT2D eigenvalue weighted by molar-refractivity contribution is -0.384. The molecule has 0 saturated carbocycles. The van der Waals surface area contributed by atoms with Crippen LogP contribution in [0.15, 0.2) is 18.2 Å². The molecule has 2 saturated heterocycles. The first-order valence-corrected chi connectivity index (χ1v) is 9.00. The maximum Gasteiger partial charge on any atom is 0.293 e. The molecule has 2 aliphatic heterocycles. The van der Waals surface area contributed by atoms with Crippen molar-refractivity contribution < 1.29 is 14.5 Å². The smallest absolute Gasteiger partial charge is 0.293 e. The Hall–Kier alpha value is -2.15. The summed E-state index contributed by atoms with van der Waals surface area (Å²) >= 11 is 0. The third-order valence-electron chi connectivity index (χ3n) is 5.04. The van der Waals surface area contributed by atoms with Crippen LogP contribution in [0.3, 0.4) is 0 Å². The lowest BCUT2D eigenvalue weighted by Gasteiger charge is -2.24. The summed E-state index contributed by atoms with van der Waals surface area (Å²) in [7, 11) is 0. The van der Waals surface area contributed by atoms with Gasteiger partial charge in [-0.25, -0.2) is 0 Å². The highest BCUT2D eigenvalue weighted by molar-refractivity contribution is 5.95. The van der Waals surface area contributed by atoms with Crippen molar-refractivity contribution in [1.82, 2.24) is 4.90 Å². The highest BCUT2D eigenvalue weighted by Crippen LogP contribution is 2.32. The summed E-state index contributed by atoms with van der Waals surface area (Å²) < 4.78 is 5.38. The highest BCUT2D eigenvalue weighted by Gasteiger charge is 2.26. The molecule has 136 valence electrons. The van der Waals surface area contributed by atoms with Crippen molar-refractivity contribution in [3.8, 4) is 0 Å². The van der Waals surface area contributed by atoms with Gasteiger partial charge in [0, 0.05) is 50.3 Å². The van der Waals surface area contributed by atoms with E-state index >= 15 is 0 Å². The zero-order valence-corrected chi connectivity index (χ0v) is 14.6. The first-order valence-electron chi connectivity index (χ1n) is 9.00. The summed E-state index contributed by atoms with van der Waals surface area (Å²) in [6.07, 6.45) is 3.05. The maximum atomic E-state index is 12.8. The molecule has 25 heavy (non-hydrogen) atoms. The zero-order valence-electron chi connectivity index (χ0n) is 14.6. The van der Waals surface area contributed by atoms with E-state index in [4.69, 9.17) is 4.74 Å². The number of rotatable bonds is 6. The molecule has 0 bridgehead atoms. The number of benzene rings is 1. The fraction of sp³-hybridized carbons (Fsp3) is 0.611. The number of amides is 1. The lowest BCUT2D eigenvalue weighted by atomic mass is 10.1. The average Bonchev–Trinajstić information content (AvgIpc) is 3.32. The summed E-state index contributed by atoms with van der Waals surface area (Å²) in [5.74, 6) is 0.202. The third-order valence-corrected chi connectivity index (χ3v) is 5.04. The summed E-state index contributed by atoms with van der Waals surface area (Å²) in [6.45, 7) is 6.23. The molecule has 1 aromatic rings. The number of hydrogen-bond acceptors (Lipinski definition) is 5. The lowest BCUT2D eigenvalue weighted by Crippen LogP contribution is -2.35. The standard InChI is InChI=1S/C18H25N3O4/c1-2-19(12-14-7-10-25-13-14)18(22)15-5-6-16(17(11-15)21(23)24)20-8-3-4-9-20/h5-6,11,14H,2-4,7-10,12-13H2,1H3/t14-/m0/s1. The van der Waals surface area contributed by atoms with Crippen LogP contribution in [0.1, 0.15) is 36.5 Å². The Morgan fingerprint density at radius 1 is 1.40 bits per heavy atom. The fourth-order valence-electron chi connectivity index (χ4n) is 3.61. The van der Waals surface area contributed by atoms with Crippen molar-refractivity contribution in [3.05, 3.63) is 33.9 Å². The predicted octanol–water partition coefficient (Wildman–Crippen LogP) is 2.69. The Bertz CT molecular complexity index is 637. The van der Waals surface area contributed by atoms with Crippen LogP contribution in [0.5, 0.6) is 0 Å². The minimum atomic E-state index is -0.383. The molecule has 1 amide bonds. The zero-order chi connectivity index (χ0) is 17.8. The normalized spacial score (nSPS) is 20.0. The van der Waals surface area contributed by atoms with Gasteiger partial charge in [0.1, 0.15) is 5.69 Å². The first-order chi connectivity index (χ1) is 12.1. The van der Waals surface area contributed by atoms with Gasteiger partial charge in [-0.1, -0.05) is 0 Å². The Morgan fingerprint density at radius 3 is 2.76 bits per heavy atom. The van der Waals surface area contributed by atoms with E-state index in [2.05, 4.69) is 0 Å². The van der Waals surface area contributed by atoms with Gasteiger partial charge >= 0.3 is 0 Å². The number of hydrogen-bond donors (Lipinski definition) is 0. The minimum absolute atomic E-state index is 0.0213. The van der Waals surface area contributed by atoms with E-state index in [-0.39, 0.29) is 16.5 Å². The number of nitro groups is 1. The summed E-state index contributed by atoms with van der Waals surface area (Å²) in [4.78, 5) is 27.7. The van der Waals surface area contributed by atoms with Crippen LogP contribution in [0.25, 0.3) is 0 Å². The van der Waals surface area contributed by atoms with Crippen molar-refractivity contribution in [2.75, 3.05) is 44.3 Å². The molecule has 0 N–H and O–H groups in total. The number of carbonyl (C=O) groups is 1. The predicted molar refractivity (Wildman–Crippen MR) is 95.0 cm³/mol.